The molecule has 2 aromatic carbocycles. The van der Waals surface area contributed by atoms with Crippen molar-refractivity contribution in [2.45, 2.75) is 19.5 Å². The fraction of sp³-hybridized carbons (Fsp3) is 0.238. The molecule has 0 spiro atoms. The number of nitrogens with zero attached hydrogens (tertiary/aromatic N) is 4. The van der Waals surface area contributed by atoms with E-state index in [1.807, 2.05) is 31.2 Å². The van der Waals surface area contributed by atoms with E-state index in [1.165, 1.54) is 23.1 Å². The summed E-state index contributed by atoms with van der Waals surface area (Å²) >= 11 is 0. The Morgan fingerprint density at radius 1 is 1.24 bits per heavy atom. The van der Waals surface area contributed by atoms with Crippen molar-refractivity contribution >= 4 is 11.8 Å². The summed E-state index contributed by atoms with van der Waals surface area (Å²) < 4.78 is 15.3. The van der Waals surface area contributed by atoms with Crippen LogP contribution in [0.3, 0.4) is 0 Å². The van der Waals surface area contributed by atoms with Crippen LogP contribution in [-0.2, 0) is 11.3 Å². The number of hydrogen-bond donors (Lipinski definition) is 1. The first-order valence-electron chi connectivity index (χ1n) is 9.32. The predicted octanol–water partition coefficient (Wildman–Crippen LogP) is 2.09. The Morgan fingerprint density at radius 2 is 2.07 bits per heavy atom. The van der Waals surface area contributed by atoms with Crippen LogP contribution >= 0.6 is 0 Å². The lowest BCUT2D eigenvalue weighted by atomic mass is 10.0. The van der Waals surface area contributed by atoms with Crippen molar-refractivity contribution in [2.24, 2.45) is 0 Å². The van der Waals surface area contributed by atoms with Gasteiger partial charge in [0, 0.05) is 13.1 Å². The number of aryl methyl sites for hydroxylation is 1. The molecule has 0 aliphatic carbocycles. The van der Waals surface area contributed by atoms with Gasteiger partial charge in [-0.3, -0.25) is 9.59 Å². The van der Waals surface area contributed by atoms with E-state index in [1.54, 1.807) is 16.9 Å². The highest BCUT2D eigenvalue weighted by atomic mass is 19.1. The zero-order chi connectivity index (χ0) is 20.4. The van der Waals surface area contributed by atoms with Gasteiger partial charge in [0.15, 0.2) is 5.69 Å². The minimum atomic E-state index is -0.909. The Labute approximate surface area is 167 Å². The number of carbonyl (C=O) groups is 2. The van der Waals surface area contributed by atoms with Gasteiger partial charge >= 0.3 is 0 Å². The van der Waals surface area contributed by atoms with Gasteiger partial charge in [-0.25, -0.2) is 9.07 Å². The maximum absolute atomic E-state index is 13.7. The van der Waals surface area contributed by atoms with Crippen LogP contribution in [0.15, 0.2) is 54.7 Å². The van der Waals surface area contributed by atoms with Crippen LogP contribution in [0.2, 0.25) is 0 Å². The molecular weight excluding hydrogens is 373 g/mol. The lowest BCUT2D eigenvalue weighted by Gasteiger charge is -2.34. The van der Waals surface area contributed by atoms with Gasteiger partial charge in [-0.2, -0.15) is 0 Å². The van der Waals surface area contributed by atoms with Gasteiger partial charge in [0.1, 0.15) is 11.9 Å². The van der Waals surface area contributed by atoms with Crippen molar-refractivity contribution in [3.8, 4) is 0 Å². The van der Waals surface area contributed by atoms with E-state index >= 15 is 0 Å². The Bertz CT molecular complexity index is 1060. The van der Waals surface area contributed by atoms with Crippen LogP contribution in [0.4, 0.5) is 4.39 Å². The summed E-state index contributed by atoms with van der Waals surface area (Å²) in [5.74, 6) is -1.22. The van der Waals surface area contributed by atoms with Crippen LogP contribution in [0.1, 0.15) is 33.2 Å². The third-order valence-electron chi connectivity index (χ3n) is 4.99. The highest BCUT2D eigenvalue weighted by molar-refractivity contribution is 5.97. The maximum Gasteiger partial charge on any atom is 0.277 e. The molecule has 0 bridgehead atoms. The monoisotopic (exact) mass is 393 g/mol. The van der Waals surface area contributed by atoms with E-state index in [0.717, 1.165) is 11.1 Å². The van der Waals surface area contributed by atoms with Crippen molar-refractivity contribution < 1.29 is 14.0 Å². The van der Waals surface area contributed by atoms with Crippen molar-refractivity contribution in [2.75, 3.05) is 13.1 Å². The number of rotatable bonds is 4. The number of carbonyl (C=O) groups excluding carboxylic acids is 2. The molecule has 0 radical (unpaired) electrons. The predicted molar refractivity (Wildman–Crippen MR) is 103 cm³/mol. The van der Waals surface area contributed by atoms with E-state index in [9.17, 15) is 14.0 Å². The number of piperazine rings is 1. The normalized spacial score (nSPS) is 16.6. The second-order valence-electron chi connectivity index (χ2n) is 6.97. The molecule has 4 rings (SSSR count). The molecule has 148 valence electrons. The zero-order valence-corrected chi connectivity index (χ0v) is 15.9. The Hall–Kier alpha value is -3.55. The summed E-state index contributed by atoms with van der Waals surface area (Å²) in [5, 5.41) is 10.8. The average molecular weight is 393 g/mol. The highest BCUT2D eigenvalue weighted by Crippen LogP contribution is 2.25. The Balaban J connectivity index is 1.58. The number of benzene rings is 2. The number of amides is 2. The summed E-state index contributed by atoms with van der Waals surface area (Å²) in [6.07, 6.45) is 1.57. The fourth-order valence-electron chi connectivity index (χ4n) is 3.48. The SMILES string of the molecule is Cc1ccccc1Cn1cc(C(=O)N2CCNC(=O)[C@@H]2c2cccc(F)c2)nn1. The van der Waals surface area contributed by atoms with E-state index in [2.05, 4.69) is 15.6 Å². The number of aromatic nitrogens is 3. The maximum atomic E-state index is 13.7. The third-order valence-corrected chi connectivity index (χ3v) is 4.99. The molecule has 1 aliphatic rings. The van der Waals surface area contributed by atoms with Crippen LogP contribution in [0.25, 0.3) is 0 Å². The van der Waals surface area contributed by atoms with E-state index < -0.39 is 17.8 Å². The number of halogens is 1. The van der Waals surface area contributed by atoms with Gasteiger partial charge in [0.05, 0.1) is 12.7 Å². The van der Waals surface area contributed by atoms with Gasteiger partial charge in [-0.1, -0.05) is 41.6 Å². The molecule has 1 aromatic heterocycles. The summed E-state index contributed by atoms with van der Waals surface area (Å²) in [4.78, 5) is 27.0. The van der Waals surface area contributed by atoms with Crippen LogP contribution in [-0.4, -0.2) is 44.8 Å². The molecule has 8 heteroatoms. The van der Waals surface area contributed by atoms with Crippen molar-refractivity contribution in [3.05, 3.63) is 82.9 Å². The molecule has 1 fully saturated rings. The Morgan fingerprint density at radius 3 is 2.86 bits per heavy atom. The summed E-state index contributed by atoms with van der Waals surface area (Å²) in [5.41, 5.74) is 2.76. The first kappa shape index (κ1) is 18.8. The molecule has 3 aromatic rings. The van der Waals surface area contributed by atoms with Gasteiger partial charge in [0.25, 0.3) is 5.91 Å². The lowest BCUT2D eigenvalue weighted by molar-refractivity contribution is -0.128. The quantitative estimate of drug-likeness (QED) is 0.736. The molecule has 7 nitrogen and oxygen atoms in total. The fourth-order valence-corrected chi connectivity index (χ4v) is 3.48. The molecule has 2 heterocycles. The summed E-state index contributed by atoms with van der Waals surface area (Å²) in [7, 11) is 0. The molecular formula is C21H20FN5O2. The van der Waals surface area contributed by atoms with Gasteiger partial charge in [-0.05, 0) is 35.7 Å². The Kier molecular flexibility index (Phi) is 5.07. The van der Waals surface area contributed by atoms with E-state index in [0.29, 0.717) is 25.2 Å². The van der Waals surface area contributed by atoms with E-state index in [4.69, 9.17) is 0 Å². The lowest BCUT2D eigenvalue weighted by Crippen LogP contribution is -2.52. The molecule has 2 amide bonds. The molecule has 29 heavy (non-hydrogen) atoms. The zero-order valence-electron chi connectivity index (χ0n) is 15.9. The van der Waals surface area contributed by atoms with Crippen molar-refractivity contribution in [3.63, 3.8) is 0 Å². The van der Waals surface area contributed by atoms with Gasteiger partial charge in [-0.15, -0.1) is 5.10 Å². The first-order valence-corrected chi connectivity index (χ1v) is 9.32. The molecule has 0 saturated carbocycles. The van der Waals surface area contributed by atoms with Crippen LogP contribution in [0, 0.1) is 12.7 Å². The van der Waals surface area contributed by atoms with Gasteiger partial charge < -0.3 is 10.2 Å². The number of nitrogens with one attached hydrogen (secondary N) is 1. The number of hydrogen-bond acceptors (Lipinski definition) is 4. The summed E-state index contributed by atoms with van der Waals surface area (Å²) in [6, 6.07) is 12.7. The molecule has 0 unspecified atom stereocenters. The standard InChI is InChI=1S/C21H20FN5O2/c1-14-5-2-3-6-16(14)12-26-13-18(24-25-26)21(29)27-10-9-23-20(28)19(27)15-7-4-8-17(22)11-15/h2-8,11,13,19H,9-10,12H2,1H3,(H,23,28)/t19-/m0/s1. The van der Waals surface area contributed by atoms with Gasteiger partial charge in [0.2, 0.25) is 5.91 Å². The minimum Gasteiger partial charge on any atom is -0.352 e. The molecule has 1 saturated heterocycles. The van der Waals surface area contributed by atoms with E-state index in [-0.39, 0.29) is 11.6 Å². The first-order chi connectivity index (χ1) is 14.0. The van der Waals surface area contributed by atoms with Crippen molar-refractivity contribution in [1.29, 1.82) is 0 Å². The summed E-state index contributed by atoms with van der Waals surface area (Å²) in [6.45, 7) is 3.12. The second-order valence-corrected chi connectivity index (χ2v) is 6.97. The second kappa shape index (κ2) is 7.83. The smallest absolute Gasteiger partial charge is 0.277 e. The average Bonchev–Trinajstić information content (AvgIpc) is 3.17. The van der Waals surface area contributed by atoms with Crippen LogP contribution in [0.5, 0.6) is 0 Å². The molecule has 1 atom stereocenters. The highest BCUT2D eigenvalue weighted by Gasteiger charge is 2.36. The van der Waals surface area contributed by atoms with Crippen LogP contribution < -0.4 is 5.32 Å². The third kappa shape index (κ3) is 3.87. The molecule has 1 N–H and O–H groups in total. The largest absolute Gasteiger partial charge is 0.352 e. The molecule has 1 aliphatic heterocycles. The van der Waals surface area contributed by atoms with Crippen molar-refractivity contribution in [1.82, 2.24) is 25.2 Å². The minimum absolute atomic E-state index is 0.148. The topological polar surface area (TPSA) is 80.1 Å².